The molecule has 7 heavy (non-hydrogen) atoms. The molecule has 0 aliphatic heterocycles. The third kappa shape index (κ3) is 1.99. The molecule has 4 heteroatoms. The molecule has 0 atom stereocenters. The summed E-state index contributed by atoms with van der Waals surface area (Å²) in [4.78, 5) is 0. The zero-order valence-electron chi connectivity index (χ0n) is 4.55. The van der Waals surface area contributed by atoms with Gasteiger partial charge in [0.15, 0.2) is 0 Å². The maximum Gasteiger partial charge on any atom is 0.135 e. The van der Waals surface area contributed by atoms with E-state index in [1.807, 2.05) is 0 Å². The summed E-state index contributed by atoms with van der Waals surface area (Å²) in [6.07, 6.45) is 0. The quantitative estimate of drug-likeness (QED) is 0.180. The fraction of sp³-hybridized carbons (Fsp3) is 0.667. The van der Waals surface area contributed by atoms with Crippen molar-refractivity contribution in [1.82, 2.24) is 5.01 Å². The average molecular weight is 102 g/mol. The summed E-state index contributed by atoms with van der Waals surface area (Å²) in [5.41, 5.74) is 0. The molecule has 0 aliphatic carbocycles. The van der Waals surface area contributed by atoms with Crippen LogP contribution in [0, 0.1) is 0 Å². The van der Waals surface area contributed by atoms with E-state index in [4.69, 9.17) is 11.7 Å². The molecule has 42 valence electrons. The van der Waals surface area contributed by atoms with Crippen molar-refractivity contribution in [2.45, 2.75) is 6.92 Å². The zero-order valence-corrected chi connectivity index (χ0v) is 4.55. The molecule has 0 aliphatic rings. The SMILES string of the molecule is CC(=NN)N(C)N. The van der Waals surface area contributed by atoms with Crippen LogP contribution in [0.2, 0.25) is 0 Å². The normalized spacial score (nSPS) is 11.6. The molecule has 0 heterocycles. The second kappa shape index (κ2) is 2.41. The highest BCUT2D eigenvalue weighted by Gasteiger charge is 1.87. The monoisotopic (exact) mass is 102 g/mol. The number of hydrogen-bond donors (Lipinski definition) is 2. The molecule has 0 rings (SSSR count). The second-order valence-electron chi connectivity index (χ2n) is 1.29. The van der Waals surface area contributed by atoms with Gasteiger partial charge in [-0.25, -0.2) is 5.84 Å². The molecule has 0 saturated carbocycles. The lowest BCUT2D eigenvalue weighted by atomic mass is 10.7. The molecular formula is C3H10N4. The van der Waals surface area contributed by atoms with Gasteiger partial charge in [-0.2, -0.15) is 5.10 Å². The number of amidine groups is 1. The molecule has 0 unspecified atom stereocenters. The van der Waals surface area contributed by atoms with E-state index in [0.29, 0.717) is 5.84 Å². The van der Waals surface area contributed by atoms with Gasteiger partial charge in [0.1, 0.15) is 5.84 Å². The van der Waals surface area contributed by atoms with Crippen molar-refractivity contribution in [2.24, 2.45) is 16.8 Å². The van der Waals surface area contributed by atoms with Crippen molar-refractivity contribution in [1.29, 1.82) is 0 Å². The Balaban J connectivity index is 3.56. The molecule has 0 fully saturated rings. The molecule has 0 aromatic carbocycles. The molecule has 0 amide bonds. The first-order chi connectivity index (χ1) is 3.18. The first-order valence-corrected chi connectivity index (χ1v) is 1.91. The summed E-state index contributed by atoms with van der Waals surface area (Å²) >= 11 is 0. The molecule has 0 aromatic heterocycles. The lowest BCUT2D eigenvalue weighted by Crippen LogP contribution is -2.31. The van der Waals surface area contributed by atoms with Crippen molar-refractivity contribution < 1.29 is 0 Å². The Morgan fingerprint density at radius 3 is 2.14 bits per heavy atom. The predicted molar refractivity (Wildman–Crippen MR) is 29.2 cm³/mol. The largest absolute Gasteiger partial charge is 0.322 e. The van der Waals surface area contributed by atoms with Crippen LogP contribution in [0.1, 0.15) is 6.92 Å². The van der Waals surface area contributed by atoms with E-state index in [9.17, 15) is 0 Å². The summed E-state index contributed by atoms with van der Waals surface area (Å²) in [6.45, 7) is 1.72. The minimum Gasteiger partial charge on any atom is -0.322 e. The Morgan fingerprint density at radius 1 is 1.71 bits per heavy atom. The molecule has 0 radical (unpaired) electrons. The van der Waals surface area contributed by atoms with Crippen LogP contribution in [0.4, 0.5) is 0 Å². The highest BCUT2D eigenvalue weighted by Crippen LogP contribution is 1.70. The van der Waals surface area contributed by atoms with Crippen molar-refractivity contribution in [3.8, 4) is 0 Å². The smallest absolute Gasteiger partial charge is 0.135 e. The number of hydrazone groups is 1. The fourth-order valence-corrected chi connectivity index (χ4v) is 0.0911. The summed E-state index contributed by atoms with van der Waals surface area (Å²) in [6, 6.07) is 0. The van der Waals surface area contributed by atoms with Gasteiger partial charge in [0.2, 0.25) is 0 Å². The van der Waals surface area contributed by atoms with Crippen LogP contribution >= 0.6 is 0 Å². The maximum absolute atomic E-state index is 5.17. The van der Waals surface area contributed by atoms with Gasteiger partial charge >= 0.3 is 0 Å². The van der Waals surface area contributed by atoms with Crippen LogP contribution in [-0.2, 0) is 0 Å². The van der Waals surface area contributed by atoms with E-state index in [1.165, 1.54) is 5.01 Å². The number of hydrazine groups is 1. The van der Waals surface area contributed by atoms with Crippen molar-refractivity contribution in [2.75, 3.05) is 7.05 Å². The molecular weight excluding hydrogens is 92.1 g/mol. The molecule has 0 saturated heterocycles. The van der Waals surface area contributed by atoms with Crippen LogP contribution in [0.3, 0.4) is 0 Å². The first kappa shape index (κ1) is 6.23. The highest BCUT2D eigenvalue weighted by atomic mass is 15.4. The van der Waals surface area contributed by atoms with Crippen molar-refractivity contribution >= 4 is 5.84 Å². The average Bonchev–Trinajstić information content (AvgIpc) is 1.65. The first-order valence-electron chi connectivity index (χ1n) is 1.91. The van der Waals surface area contributed by atoms with E-state index in [-0.39, 0.29) is 0 Å². The summed E-state index contributed by atoms with van der Waals surface area (Å²) < 4.78 is 0. The van der Waals surface area contributed by atoms with Crippen molar-refractivity contribution in [3.63, 3.8) is 0 Å². The van der Waals surface area contributed by atoms with E-state index >= 15 is 0 Å². The minimum absolute atomic E-state index is 0.611. The van der Waals surface area contributed by atoms with Gasteiger partial charge in [0.05, 0.1) is 0 Å². The van der Waals surface area contributed by atoms with Gasteiger partial charge in [-0.1, -0.05) is 0 Å². The van der Waals surface area contributed by atoms with Gasteiger partial charge < -0.3 is 10.9 Å². The standard InChI is InChI=1S/C3H10N4/c1-3(6-4)7(2)5/h4-5H2,1-2H3. The summed E-state index contributed by atoms with van der Waals surface area (Å²) in [7, 11) is 1.67. The van der Waals surface area contributed by atoms with Gasteiger partial charge in [-0.05, 0) is 6.92 Å². The Hall–Kier alpha value is -0.770. The number of nitrogens with zero attached hydrogens (tertiary/aromatic N) is 2. The van der Waals surface area contributed by atoms with Crippen LogP contribution in [0.25, 0.3) is 0 Å². The van der Waals surface area contributed by atoms with Gasteiger partial charge in [-0.15, -0.1) is 0 Å². The molecule has 4 N–H and O–H groups in total. The highest BCUT2D eigenvalue weighted by molar-refractivity contribution is 5.78. The Kier molecular flexibility index (Phi) is 2.15. The van der Waals surface area contributed by atoms with Crippen molar-refractivity contribution in [3.05, 3.63) is 0 Å². The number of nitrogens with two attached hydrogens (primary N) is 2. The lowest BCUT2D eigenvalue weighted by molar-refractivity contribution is 0.533. The molecule has 4 nitrogen and oxygen atoms in total. The lowest BCUT2D eigenvalue weighted by Gasteiger charge is -2.07. The maximum atomic E-state index is 5.17. The molecule has 0 aromatic rings. The third-order valence-electron chi connectivity index (χ3n) is 0.697. The van der Waals surface area contributed by atoms with Crippen LogP contribution < -0.4 is 11.7 Å². The number of rotatable bonds is 0. The second-order valence-corrected chi connectivity index (χ2v) is 1.29. The summed E-state index contributed by atoms with van der Waals surface area (Å²) in [5.74, 6) is 10.6. The summed E-state index contributed by atoms with van der Waals surface area (Å²) in [5, 5.41) is 4.65. The Labute approximate surface area is 42.7 Å². The fourth-order valence-electron chi connectivity index (χ4n) is 0.0911. The van der Waals surface area contributed by atoms with Crippen LogP contribution in [0.5, 0.6) is 0 Å². The van der Waals surface area contributed by atoms with Gasteiger partial charge in [0.25, 0.3) is 0 Å². The minimum atomic E-state index is 0.611. The van der Waals surface area contributed by atoms with Gasteiger partial charge in [0, 0.05) is 7.05 Å². The van der Waals surface area contributed by atoms with E-state index in [0.717, 1.165) is 0 Å². The van der Waals surface area contributed by atoms with E-state index < -0.39 is 0 Å². The van der Waals surface area contributed by atoms with Crippen LogP contribution in [0.15, 0.2) is 5.10 Å². The third-order valence-corrected chi connectivity index (χ3v) is 0.697. The van der Waals surface area contributed by atoms with E-state index in [1.54, 1.807) is 14.0 Å². The topological polar surface area (TPSA) is 67.6 Å². The Bertz CT molecular complexity index is 75.0. The Morgan fingerprint density at radius 2 is 2.14 bits per heavy atom. The molecule has 0 spiro atoms. The number of hydrogen-bond acceptors (Lipinski definition) is 3. The van der Waals surface area contributed by atoms with Gasteiger partial charge in [-0.3, -0.25) is 0 Å². The molecule has 0 bridgehead atoms. The van der Waals surface area contributed by atoms with E-state index in [2.05, 4.69) is 5.10 Å². The van der Waals surface area contributed by atoms with Crippen LogP contribution in [-0.4, -0.2) is 17.9 Å². The zero-order chi connectivity index (χ0) is 5.86. The predicted octanol–water partition coefficient (Wildman–Crippen LogP) is -0.916.